The molecule has 0 aliphatic heterocycles. The Bertz CT molecular complexity index is 719. The van der Waals surface area contributed by atoms with Crippen molar-refractivity contribution in [1.29, 1.82) is 0 Å². The van der Waals surface area contributed by atoms with Gasteiger partial charge in [-0.2, -0.15) is 0 Å². The van der Waals surface area contributed by atoms with Crippen molar-refractivity contribution >= 4 is 34.2 Å². The Morgan fingerprint density at radius 1 is 1.17 bits per heavy atom. The molecule has 6 nitrogen and oxygen atoms in total. The van der Waals surface area contributed by atoms with E-state index in [1.807, 2.05) is 20.8 Å². The van der Waals surface area contributed by atoms with Gasteiger partial charge in [0.05, 0.1) is 24.5 Å². The Morgan fingerprint density at radius 2 is 1.75 bits per heavy atom. The summed E-state index contributed by atoms with van der Waals surface area (Å²) in [7, 11) is 1.28. The van der Waals surface area contributed by atoms with Crippen LogP contribution in [0.1, 0.15) is 41.9 Å². The molecule has 1 amide bonds. The number of nitrogens with one attached hydrogen (secondary N) is 1. The minimum atomic E-state index is -0.974. The molecule has 1 aromatic rings. The zero-order valence-corrected chi connectivity index (χ0v) is 15.0. The summed E-state index contributed by atoms with van der Waals surface area (Å²) in [6, 6.07) is 1.65. The van der Waals surface area contributed by atoms with Gasteiger partial charge in [-0.3, -0.25) is 9.59 Å². The van der Waals surface area contributed by atoms with Crippen LogP contribution in [-0.4, -0.2) is 30.1 Å². The van der Waals surface area contributed by atoms with E-state index in [-0.39, 0.29) is 5.91 Å². The van der Waals surface area contributed by atoms with Crippen LogP contribution < -0.4 is 5.32 Å². The summed E-state index contributed by atoms with van der Waals surface area (Å²) in [5.74, 6) is -3.28. The second-order valence-electron chi connectivity index (χ2n) is 6.10. The highest BCUT2D eigenvalue weighted by Crippen LogP contribution is 2.36. The van der Waals surface area contributed by atoms with Crippen LogP contribution in [0.5, 0.6) is 0 Å². The molecule has 0 aromatic carbocycles. The molecular weight excluding hydrogens is 330 g/mol. The van der Waals surface area contributed by atoms with Crippen LogP contribution >= 0.6 is 11.3 Å². The van der Waals surface area contributed by atoms with Crippen LogP contribution in [-0.2, 0) is 14.3 Å². The number of carboxylic acids is 1. The highest BCUT2D eigenvalue weighted by molar-refractivity contribution is 7.16. The second-order valence-corrected chi connectivity index (χ2v) is 7.36. The molecular formula is C17H21NO5S. The molecule has 2 rings (SSSR count). The van der Waals surface area contributed by atoms with Crippen molar-refractivity contribution in [3.05, 3.63) is 27.7 Å². The van der Waals surface area contributed by atoms with Crippen molar-refractivity contribution in [3.63, 3.8) is 0 Å². The molecule has 7 heteroatoms. The lowest BCUT2D eigenvalue weighted by molar-refractivity contribution is -0.146. The van der Waals surface area contributed by atoms with Gasteiger partial charge in [-0.05, 0) is 39.7 Å². The van der Waals surface area contributed by atoms with Gasteiger partial charge >= 0.3 is 11.9 Å². The molecule has 0 bridgehead atoms. The predicted octanol–water partition coefficient (Wildman–Crippen LogP) is 3.23. The summed E-state index contributed by atoms with van der Waals surface area (Å²) in [5.41, 5.74) is 2.36. The van der Waals surface area contributed by atoms with Gasteiger partial charge in [-0.1, -0.05) is 11.1 Å². The maximum Gasteiger partial charge on any atom is 0.340 e. The monoisotopic (exact) mass is 351 g/mol. The molecule has 0 radical (unpaired) electrons. The zero-order valence-electron chi connectivity index (χ0n) is 14.1. The number of methoxy groups -OCH3 is 1. The van der Waals surface area contributed by atoms with Crippen LogP contribution in [0.3, 0.4) is 0 Å². The van der Waals surface area contributed by atoms with Gasteiger partial charge in [0.1, 0.15) is 5.00 Å². The third kappa shape index (κ3) is 3.67. The van der Waals surface area contributed by atoms with E-state index >= 15 is 0 Å². The van der Waals surface area contributed by atoms with E-state index in [1.165, 1.54) is 18.4 Å². The normalized spacial score (nSPS) is 20.7. The fraction of sp³-hybridized carbons (Fsp3) is 0.471. The van der Waals surface area contributed by atoms with Crippen LogP contribution in [0, 0.1) is 18.8 Å². The standard InChI is InChI=1S/C17H21NO5S/c1-8-5-11(12(16(20)21)6-9(8)2)14(19)18-15-13(17(22)23-4)7-10(3)24-15/h7,11-12H,5-6H2,1-4H3,(H,18,19)(H,20,21)/t11-,12-/m0/s1. The molecule has 0 fully saturated rings. The first-order valence-electron chi connectivity index (χ1n) is 7.62. The summed E-state index contributed by atoms with van der Waals surface area (Å²) >= 11 is 1.27. The third-order valence-electron chi connectivity index (χ3n) is 4.42. The maximum atomic E-state index is 12.7. The van der Waals surface area contributed by atoms with E-state index in [4.69, 9.17) is 4.74 Å². The van der Waals surface area contributed by atoms with Gasteiger partial charge in [0, 0.05) is 4.88 Å². The van der Waals surface area contributed by atoms with E-state index in [9.17, 15) is 19.5 Å². The Labute approximate surface area is 144 Å². The lowest BCUT2D eigenvalue weighted by Gasteiger charge is -2.29. The molecule has 1 heterocycles. The first kappa shape index (κ1) is 18.2. The van der Waals surface area contributed by atoms with E-state index in [0.29, 0.717) is 23.4 Å². The number of anilines is 1. The van der Waals surface area contributed by atoms with Crippen LogP contribution in [0.15, 0.2) is 17.2 Å². The molecule has 2 N–H and O–H groups in total. The smallest absolute Gasteiger partial charge is 0.340 e. The van der Waals surface area contributed by atoms with Crippen LogP contribution in [0.4, 0.5) is 5.00 Å². The Kier molecular flexibility index (Phi) is 5.43. The van der Waals surface area contributed by atoms with Crippen molar-refractivity contribution < 1.29 is 24.2 Å². The largest absolute Gasteiger partial charge is 0.481 e. The number of amides is 1. The van der Waals surface area contributed by atoms with Gasteiger partial charge in [-0.25, -0.2) is 4.79 Å². The number of allylic oxidation sites excluding steroid dienone is 2. The quantitative estimate of drug-likeness (QED) is 0.642. The molecule has 0 spiro atoms. The molecule has 0 saturated heterocycles. The number of carboxylic acid groups (broad SMARTS) is 1. The minimum absolute atomic E-state index is 0.291. The van der Waals surface area contributed by atoms with Crippen molar-refractivity contribution in [3.8, 4) is 0 Å². The number of carbonyl (C=O) groups excluding carboxylic acids is 2. The number of thiophene rings is 1. The Morgan fingerprint density at radius 3 is 2.29 bits per heavy atom. The highest BCUT2D eigenvalue weighted by atomic mass is 32.1. The van der Waals surface area contributed by atoms with Crippen molar-refractivity contribution in [2.24, 2.45) is 11.8 Å². The maximum absolute atomic E-state index is 12.7. The summed E-state index contributed by atoms with van der Waals surface area (Å²) in [6.07, 6.45) is 0.777. The fourth-order valence-corrected chi connectivity index (χ4v) is 3.80. The molecule has 130 valence electrons. The minimum Gasteiger partial charge on any atom is -0.481 e. The molecule has 1 aliphatic rings. The summed E-state index contributed by atoms with van der Waals surface area (Å²) in [4.78, 5) is 36.9. The number of carbonyl (C=O) groups is 3. The first-order valence-corrected chi connectivity index (χ1v) is 8.43. The molecule has 1 aromatic heterocycles. The van der Waals surface area contributed by atoms with Crippen LogP contribution in [0.2, 0.25) is 0 Å². The number of hydrogen-bond donors (Lipinski definition) is 2. The Hall–Kier alpha value is -2.15. The highest BCUT2D eigenvalue weighted by Gasteiger charge is 2.37. The average Bonchev–Trinajstić information content (AvgIpc) is 2.88. The number of rotatable bonds is 4. The van der Waals surface area contributed by atoms with Gasteiger partial charge in [0.2, 0.25) is 5.91 Å². The van der Waals surface area contributed by atoms with E-state index in [1.54, 1.807) is 6.07 Å². The lowest BCUT2D eigenvalue weighted by Crippen LogP contribution is -2.36. The van der Waals surface area contributed by atoms with Gasteiger partial charge in [0.15, 0.2) is 0 Å². The molecule has 24 heavy (non-hydrogen) atoms. The average molecular weight is 351 g/mol. The Balaban J connectivity index is 2.26. The first-order chi connectivity index (χ1) is 11.2. The lowest BCUT2D eigenvalue weighted by atomic mass is 9.76. The number of hydrogen-bond acceptors (Lipinski definition) is 5. The van der Waals surface area contributed by atoms with Crippen molar-refractivity contribution in [2.75, 3.05) is 12.4 Å². The summed E-state index contributed by atoms with van der Waals surface area (Å²) < 4.78 is 4.72. The number of aliphatic carboxylic acids is 1. The molecule has 0 saturated carbocycles. The van der Waals surface area contributed by atoms with E-state index in [0.717, 1.165) is 16.0 Å². The summed E-state index contributed by atoms with van der Waals surface area (Å²) in [5, 5.41) is 12.6. The second kappa shape index (κ2) is 7.17. The third-order valence-corrected chi connectivity index (χ3v) is 5.38. The van der Waals surface area contributed by atoms with E-state index < -0.39 is 23.8 Å². The van der Waals surface area contributed by atoms with Gasteiger partial charge in [-0.15, -0.1) is 11.3 Å². The fourth-order valence-electron chi connectivity index (χ4n) is 2.90. The van der Waals surface area contributed by atoms with Gasteiger partial charge < -0.3 is 15.2 Å². The number of esters is 1. The number of ether oxygens (including phenoxy) is 1. The van der Waals surface area contributed by atoms with Crippen molar-refractivity contribution in [1.82, 2.24) is 0 Å². The molecule has 0 unspecified atom stereocenters. The van der Waals surface area contributed by atoms with Crippen LogP contribution in [0.25, 0.3) is 0 Å². The van der Waals surface area contributed by atoms with Crippen molar-refractivity contribution in [2.45, 2.75) is 33.6 Å². The summed E-state index contributed by atoms with van der Waals surface area (Å²) in [6.45, 7) is 5.64. The van der Waals surface area contributed by atoms with Gasteiger partial charge in [0.25, 0.3) is 0 Å². The predicted molar refractivity (Wildman–Crippen MR) is 91.2 cm³/mol. The zero-order chi connectivity index (χ0) is 18.0. The SMILES string of the molecule is COC(=O)c1cc(C)sc1NC(=O)[C@H]1CC(C)=C(C)C[C@@H]1C(=O)O. The molecule has 1 aliphatic carbocycles. The molecule has 2 atom stereocenters. The topological polar surface area (TPSA) is 92.7 Å². The van der Waals surface area contributed by atoms with E-state index in [2.05, 4.69) is 5.32 Å². The number of aryl methyl sites for hydroxylation is 1.